The number of nitrogens with two attached hydrogens (primary N) is 1. The van der Waals surface area contributed by atoms with Gasteiger partial charge in [0.05, 0.1) is 5.69 Å². The van der Waals surface area contributed by atoms with Crippen molar-refractivity contribution in [3.05, 3.63) is 16.7 Å². The molecule has 1 fully saturated rings. The zero-order chi connectivity index (χ0) is 10.6. The van der Waals surface area contributed by atoms with Crippen LogP contribution in [-0.2, 0) is 6.54 Å². The van der Waals surface area contributed by atoms with Crippen LogP contribution in [0, 0.1) is 6.92 Å². The zero-order valence-corrected chi connectivity index (χ0v) is 9.72. The van der Waals surface area contributed by atoms with Crippen LogP contribution >= 0.6 is 11.6 Å². The molecular formula is C11H16ClN3. The Hall–Kier alpha value is -0.540. The van der Waals surface area contributed by atoms with Gasteiger partial charge >= 0.3 is 0 Å². The number of aromatic nitrogens is 2. The summed E-state index contributed by atoms with van der Waals surface area (Å²) in [7, 11) is 0. The molecule has 2 aliphatic rings. The number of hydrogen-bond donors (Lipinski definition) is 1. The molecule has 15 heavy (non-hydrogen) atoms. The van der Waals surface area contributed by atoms with E-state index in [-0.39, 0.29) is 5.54 Å². The molecule has 0 aromatic carbocycles. The molecular weight excluding hydrogens is 210 g/mol. The van der Waals surface area contributed by atoms with Crippen LogP contribution in [-0.4, -0.2) is 15.1 Å². The summed E-state index contributed by atoms with van der Waals surface area (Å²) in [5.74, 6) is 1.56. The van der Waals surface area contributed by atoms with Crippen molar-refractivity contribution in [3.8, 4) is 0 Å². The summed E-state index contributed by atoms with van der Waals surface area (Å²) in [6.45, 7) is 2.97. The molecule has 0 amide bonds. The average Bonchev–Trinajstić information content (AvgIpc) is 2.90. The van der Waals surface area contributed by atoms with Crippen molar-refractivity contribution in [1.82, 2.24) is 9.55 Å². The Morgan fingerprint density at radius 1 is 1.53 bits per heavy atom. The Bertz CT molecular complexity index is 406. The highest BCUT2D eigenvalue weighted by Crippen LogP contribution is 2.49. The maximum absolute atomic E-state index is 6.30. The third kappa shape index (κ3) is 1.33. The molecule has 2 N–H and O–H groups in total. The fraction of sp³-hybridized carbons (Fsp3) is 0.727. The maximum Gasteiger partial charge on any atom is 0.131 e. The molecule has 1 aliphatic carbocycles. The first-order chi connectivity index (χ1) is 7.12. The summed E-state index contributed by atoms with van der Waals surface area (Å²) in [4.78, 5) is 4.59. The Kier molecular flexibility index (Phi) is 1.92. The lowest BCUT2D eigenvalue weighted by Crippen LogP contribution is -2.34. The highest BCUT2D eigenvalue weighted by molar-refractivity contribution is 6.30. The molecule has 1 aromatic rings. The number of rotatable bonds is 1. The van der Waals surface area contributed by atoms with Gasteiger partial charge in [-0.05, 0) is 32.6 Å². The molecule has 1 aliphatic heterocycles. The molecule has 0 bridgehead atoms. The van der Waals surface area contributed by atoms with E-state index in [1.54, 1.807) is 0 Å². The highest BCUT2D eigenvalue weighted by Gasteiger charge is 2.49. The lowest BCUT2D eigenvalue weighted by molar-refractivity contribution is 0.379. The molecule has 2 heterocycles. The monoisotopic (exact) mass is 225 g/mol. The fourth-order valence-corrected chi connectivity index (χ4v) is 2.89. The molecule has 1 atom stereocenters. The summed E-state index contributed by atoms with van der Waals surface area (Å²) < 4.78 is 2.15. The molecule has 3 nitrogen and oxygen atoms in total. The van der Waals surface area contributed by atoms with Gasteiger partial charge in [0.1, 0.15) is 11.0 Å². The van der Waals surface area contributed by atoms with Crippen molar-refractivity contribution >= 4 is 11.6 Å². The minimum absolute atomic E-state index is 0.0271. The van der Waals surface area contributed by atoms with E-state index in [0.29, 0.717) is 5.92 Å². The molecule has 82 valence electrons. The number of aryl methyl sites for hydroxylation is 1. The van der Waals surface area contributed by atoms with Crippen LogP contribution in [0.1, 0.15) is 43.1 Å². The maximum atomic E-state index is 6.30. The van der Waals surface area contributed by atoms with Gasteiger partial charge in [0, 0.05) is 18.0 Å². The van der Waals surface area contributed by atoms with E-state index in [0.717, 1.165) is 36.1 Å². The molecule has 0 saturated heterocycles. The lowest BCUT2D eigenvalue weighted by Gasteiger charge is -2.28. The van der Waals surface area contributed by atoms with Gasteiger partial charge in [0.2, 0.25) is 0 Å². The Morgan fingerprint density at radius 3 is 2.93 bits per heavy atom. The molecule has 0 spiro atoms. The topological polar surface area (TPSA) is 43.8 Å². The van der Waals surface area contributed by atoms with Gasteiger partial charge in [0.15, 0.2) is 0 Å². The minimum atomic E-state index is 0.0271. The van der Waals surface area contributed by atoms with Gasteiger partial charge in [-0.2, -0.15) is 0 Å². The van der Waals surface area contributed by atoms with E-state index >= 15 is 0 Å². The number of imidazole rings is 1. The minimum Gasteiger partial charge on any atom is -0.324 e. The highest BCUT2D eigenvalue weighted by atomic mass is 35.5. The van der Waals surface area contributed by atoms with Crippen LogP contribution in [0.2, 0.25) is 5.15 Å². The van der Waals surface area contributed by atoms with Gasteiger partial charge in [-0.25, -0.2) is 4.98 Å². The standard InChI is InChI=1S/C11H16ClN3/c1-7-9(12)15-6-2-3-8(10(15)14-7)11(13)4-5-11/h8H,2-6,13H2,1H3. The second-order valence-electron chi connectivity index (χ2n) is 4.93. The second kappa shape index (κ2) is 2.98. The Labute approximate surface area is 94.6 Å². The smallest absolute Gasteiger partial charge is 0.131 e. The van der Waals surface area contributed by atoms with Crippen molar-refractivity contribution in [2.75, 3.05) is 0 Å². The molecule has 4 heteroatoms. The second-order valence-corrected chi connectivity index (χ2v) is 5.28. The van der Waals surface area contributed by atoms with Crippen molar-refractivity contribution in [3.63, 3.8) is 0 Å². The summed E-state index contributed by atoms with van der Waals surface area (Å²) in [6, 6.07) is 0. The average molecular weight is 226 g/mol. The van der Waals surface area contributed by atoms with E-state index in [4.69, 9.17) is 17.3 Å². The zero-order valence-electron chi connectivity index (χ0n) is 8.96. The predicted octanol–water partition coefficient (Wildman–Crippen LogP) is 2.21. The normalized spacial score (nSPS) is 27.5. The van der Waals surface area contributed by atoms with Crippen molar-refractivity contribution in [2.24, 2.45) is 5.73 Å². The van der Waals surface area contributed by atoms with Crippen LogP contribution in [0.3, 0.4) is 0 Å². The first-order valence-electron chi connectivity index (χ1n) is 5.63. The predicted molar refractivity (Wildman–Crippen MR) is 60.1 cm³/mol. The van der Waals surface area contributed by atoms with E-state index in [9.17, 15) is 0 Å². The van der Waals surface area contributed by atoms with Gasteiger partial charge in [-0.1, -0.05) is 11.6 Å². The van der Waals surface area contributed by atoms with Gasteiger partial charge in [-0.3, -0.25) is 0 Å². The van der Waals surface area contributed by atoms with E-state index in [1.165, 1.54) is 12.8 Å². The summed E-state index contributed by atoms with van der Waals surface area (Å²) >= 11 is 6.22. The number of hydrogen-bond acceptors (Lipinski definition) is 2. The van der Waals surface area contributed by atoms with E-state index in [2.05, 4.69) is 9.55 Å². The van der Waals surface area contributed by atoms with Crippen LogP contribution in [0.15, 0.2) is 0 Å². The molecule has 1 unspecified atom stereocenters. The third-order valence-corrected chi connectivity index (χ3v) is 4.28. The molecule has 3 rings (SSSR count). The van der Waals surface area contributed by atoms with Crippen LogP contribution < -0.4 is 5.73 Å². The number of fused-ring (bicyclic) bond motifs is 1. The van der Waals surface area contributed by atoms with Gasteiger partial charge in [-0.15, -0.1) is 0 Å². The van der Waals surface area contributed by atoms with Crippen LogP contribution in [0.25, 0.3) is 0 Å². The first-order valence-corrected chi connectivity index (χ1v) is 6.01. The van der Waals surface area contributed by atoms with Gasteiger partial charge < -0.3 is 10.3 Å². The Morgan fingerprint density at radius 2 is 2.27 bits per heavy atom. The summed E-state index contributed by atoms with van der Waals surface area (Å²) in [5, 5.41) is 0.805. The van der Waals surface area contributed by atoms with Crippen molar-refractivity contribution < 1.29 is 0 Å². The van der Waals surface area contributed by atoms with Gasteiger partial charge in [0.25, 0.3) is 0 Å². The van der Waals surface area contributed by atoms with Crippen LogP contribution in [0.5, 0.6) is 0 Å². The van der Waals surface area contributed by atoms with E-state index in [1.807, 2.05) is 6.92 Å². The quantitative estimate of drug-likeness (QED) is 0.797. The number of nitrogens with zero attached hydrogens (tertiary/aromatic N) is 2. The molecule has 1 aromatic heterocycles. The fourth-order valence-electron chi connectivity index (χ4n) is 2.67. The SMILES string of the molecule is Cc1nc2n(c1Cl)CCCC2C1(N)CC1. The lowest BCUT2D eigenvalue weighted by atomic mass is 9.89. The summed E-state index contributed by atoms with van der Waals surface area (Å²) in [6.07, 6.45) is 4.62. The van der Waals surface area contributed by atoms with E-state index < -0.39 is 0 Å². The molecule has 1 saturated carbocycles. The first kappa shape index (κ1) is 9.67. The van der Waals surface area contributed by atoms with Crippen LogP contribution in [0.4, 0.5) is 0 Å². The third-order valence-electron chi connectivity index (χ3n) is 3.80. The number of halogens is 1. The summed E-state index contributed by atoms with van der Waals surface area (Å²) in [5.41, 5.74) is 7.27. The van der Waals surface area contributed by atoms with Crippen molar-refractivity contribution in [2.45, 2.75) is 50.6 Å². The molecule has 0 radical (unpaired) electrons. The largest absolute Gasteiger partial charge is 0.324 e. The van der Waals surface area contributed by atoms with Crippen molar-refractivity contribution in [1.29, 1.82) is 0 Å². The Balaban J connectivity index is 2.07.